The van der Waals surface area contributed by atoms with E-state index in [0.29, 0.717) is 0 Å². The van der Waals surface area contributed by atoms with Gasteiger partial charge in [0, 0.05) is 15.9 Å². The quantitative estimate of drug-likeness (QED) is 0.627. The monoisotopic (exact) mass is 276 g/mol. The topological polar surface area (TPSA) is 35.5 Å². The summed E-state index contributed by atoms with van der Waals surface area (Å²) in [5, 5.41) is 0. The van der Waals surface area contributed by atoms with E-state index in [1.54, 1.807) is 25.1 Å². The van der Waals surface area contributed by atoms with Crippen LogP contribution in [0.3, 0.4) is 0 Å². The molecule has 1 atom stereocenters. The van der Waals surface area contributed by atoms with Crippen molar-refractivity contribution >= 4 is 21.9 Å². The minimum atomic E-state index is -2.63. The second-order valence-corrected chi connectivity index (χ2v) is 3.67. The van der Waals surface area contributed by atoms with Crippen molar-refractivity contribution in [1.82, 2.24) is 0 Å². The number of hydrogen-bond donors (Lipinski definition) is 0. The highest BCUT2D eigenvalue weighted by Gasteiger charge is 2.40. The largest absolute Gasteiger partial charge is 0.460 e. The fourth-order valence-corrected chi connectivity index (χ4v) is 1.19. The Morgan fingerprint density at radius 1 is 1.47 bits per heavy atom. The fraction of sp³-hybridized carbons (Fsp3) is 0.300. The summed E-state index contributed by atoms with van der Waals surface area (Å²) < 4.78 is 20.2. The van der Waals surface area contributed by atoms with Crippen LogP contribution in [0.1, 0.15) is 6.92 Å². The van der Waals surface area contributed by atoms with Crippen LogP contribution in [-0.2, 0) is 9.53 Å². The van der Waals surface area contributed by atoms with Gasteiger partial charge in [-0.05, 0) is 19.1 Å². The Labute approximate surface area is 95.3 Å². The number of hydrogen-bond acceptors (Lipinski definition) is 3. The van der Waals surface area contributed by atoms with Gasteiger partial charge in [0.05, 0.1) is 6.61 Å². The van der Waals surface area contributed by atoms with Crippen LogP contribution >= 0.6 is 15.9 Å². The van der Waals surface area contributed by atoms with Gasteiger partial charge in [0.2, 0.25) is 0 Å². The second kappa shape index (κ2) is 5.11. The molecule has 0 bridgehead atoms. The van der Waals surface area contributed by atoms with Gasteiger partial charge in [0.1, 0.15) is 5.75 Å². The van der Waals surface area contributed by atoms with Gasteiger partial charge in [0.15, 0.2) is 0 Å². The summed E-state index contributed by atoms with van der Waals surface area (Å²) in [5.41, 5.74) is 0. The van der Waals surface area contributed by atoms with Crippen LogP contribution in [0.15, 0.2) is 30.3 Å². The third-order valence-corrected chi connectivity index (χ3v) is 1.99. The van der Waals surface area contributed by atoms with Crippen molar-refractivity contribution in [3.8, 4) is 5.75 Å². The number of carbonyl (C=O) groups excluding carboxylic acids is 1. The summed E-state index contributed by atoms with van der Waals surface area (Å²) in [6, 6.07) is 8.17. The van der Waals surface area contributed by atoms with Gasteiger partial charge >= 0.3 is 10.7 Å². The highest BCUT2D eigenvalue weighted by atomic mass is 79.9. The number of para-hydroxylation sites is 1. The van der Waals surface area contributed by atoms with Gasteiger partial charge in [0.25, 0.3) is 0 Å². The lowest BCUT2D eigenvalue weighted by Crippen LogP contribution is -2.35. The van der Waals surface area contributed by atoms with Crippen molar-refractivity contribution in [1.29, 1.82) is 0 Å². The Hall–Kier alpha value is -1.10. The maximum absolute atomic E-state index is 13.6. The summed E-state index contributed by atoms with van der Waals surface area (Å²) in [5.74, 6) is -0.862. The van der Waals surface area contributed by atoms with Crippen LogP contribution in [-0.4, -0.2) is 17.3 Å². The van der Waals surface area contributed by atoms with Crippen LogP contribution in [0.5, 0.6) is 5.75 Å². The first kappa shape index (κ1) is 12.0. The van der Waals surface area contributed by atoms with Gasteiger partial charge in [-0.25, -0.2) is 4.79 Å². The molecule has 15 heavy (non-hydrogen) atoms. The van der Waals surface area contributed by atoms with Crippen LogP contribution in [0.25, 0.3) is 0 Å². The average Bonchev–Trinajstić information content (AvgIpc) is 2.19. The number of rotatable bonds is 4. The van der Waals surface area contributed by atoms with Crippen molar-refractivity contribution in [2.45, 2.75) is 11.7 Å². The molecule has 1 aromatic carbocycles. The van der Waals surface area contributed by atoms with Crippen LogP contribution < -0.4 is 4.74 Å². The van der Waals surface area contributed by atoms with Crippen molar-refractivity contribution < 1.29 is 18.7 Å². The highest BCUT2D eigenvalue weighted by Crippen LogP contribution is 2.26. The minimum absolute atomic E-state index is 0.0915. The number of ether oxygens (including phenoxy) is 2. The molecule has 1 unspecified atom stereocenters. The van der Waals surface area contributed by atoms with Crippen molar-refractivity contribution in [2.75, 3.05) is 6.61 Å². The van der Waals surface area contributed by atoms with Crippen molar-refractivity contribution in [3.63, 3.8) is 0 Å². The summed E-state index contributed by atoms with van der Waals surface area (Å²) in [4.78, 5) is 11.1. The molecule has 0 radical (unpaired) electrons. The van der Waals surface area contributed by atoms with Crippen LogP contribution in [0.4, 0.5) is 4.39 Å². The molecule has 0 saturated carbocycles. The first-order valence-corrected chi connectivity index (χ1v) is 5.14. The molecule has 82 valence electrons. The van der Waals surface area contributed by atoms with Gasteiger partial charge in [-0.2, -0.15) is 4.39 Å². The minimum Gasteiger partial charge on any atom is -0.460 e. The predicted molar refractivity (Wildman–Crippen MR) is 56.5 cm³/mol. The molecule has 1 aromatic rings. The Balaban J connectivity index is 2.68. The highest BCUT2D eigenvalue weighted by molar-refractivity contribution is 9.10. The molecule has 5 heteroatoms. The van der Waals surface area contributed by atoms with Gasteiger partial charge in [-0.1, -0.05) is 18.2 Å². The average molecular weight is 277 g/mol. The van der Waals surface area contributed by atoms with Crippen molar-refractivity contribution in [2.24, 2.45) is 0 Å². The number of alkyl halides is 2. The smallest absolute Gasteiger partial charge is 0.403 e. The maximum atomic E-state index is 13.6. The fourth-order valence-electron chi connectivity index (χ4n) is 0.893. The number of halogens is 2. The molecule has 0 aromatic heterocycles. The second-order valence-electron chi connectivity index (χ2n) is 2.65. The molecule has 0 saturated heterocycles. The SMILES string of the molecule is CCOC(=O)C(F)(Br)Oc1ccccc1. The first-order valence-electron chi connectivity index (χ1n) is 4.35. The molecule has 0 aliphatic carbocycles. The molecule has 0 N–H and O–H groups in total. The standard InChI is InChI=1S/C10H10BrFO3/c1-2-14-9(13)10(11,12)15-8-6-4-3-5-7-8/h3-7H,2H2,1H3. The van der Waals surface area contributed by atoms with E-state index in [2.05, 4.69) is 20.7 Å². The molecule has 0 aliphatic heterocycles. The molecule has 1 rings (SSSR count). The molecule has 0 aliphatic rings. The van der Waals surface area contributed by atoms with E-state index in [-0.39, 0.29) is 12.4 Å². The van der Waals surface area contributed by atoms with Gasteiger partial charge in [-0.15, -0.1) is 0 Å². The summed E-state index contributed by atoms with van der Waals surface area (Å²) in [6.45, 7) is 1.68. The Morgan fingerprint density at radius 3 is 2.60 bits per heavy atom. The third kappa shape index (κ3) is 3.51. The van der Waals surface area contributed by atoms with E-state index in [1.165, 1.54) is 12.1 Å². The van der Waals surface area contributed by atoms with Crippen molar-refractivity contribution in [3.05, 3.63) is 30.3 Å². The van der Waals surface area contributed by atoms with E-state index in [9.17, 15) is 9.18 Å². The zero-order chi connectivity index (χ0) is 11.3. The molecule has 0 fully saturated rings. The molecule has 3 nitrogen and oxygen atoms in total. The van der Waals surface area contributed by atoms with Crippen LogP contribution in [0, 0.1) is 0 Å². The van der Waals surface area contributed by atoms with Gasteiger partial charge < -0.3 is 9.47 Å². The Morgan fingerprint density at radius 2 is 2.07 bits per heavy atom. The number of benzene rings is 1. The Bertz CT molecular complexity index is 327. The lowest BCUT2D eigenvalue weighted by atomic mass is 10.3. The van der Waals surface area contributed by atoms with Gasteiger partial charge in [-0.3, -0.25) is 0 Å². The maximum Gasteiger partial charge on any atom is 0.403 e. The lowest BCUT2D eigenvalue weighted by molar-refractivity contribution is -0.163. The van der Waals surface area contributed by atoms with E-state index in [1.807, 2.05) is 0 Å². The van der Waals surface area contributed by atoms with E-state index < -0.39 is 10.7 Å². The molecule has 0 amide bonds. The van der Waals surface area contributed by atoms with E-state index in [4.69, 9.17) is 4.74 Å². The number of esters is 1. The zero-order valence-corrected chi connectivity index (χ0v) is 9.66. The summed E-state index contributed by atoms with van der Waals surface area (Å²) in [7, 11) is 0. The first-order chi connectivity index (χ1) is 7.06. The van der Waals surface area contributed by atoms with Crippen LogP contribution in [0.2, 0.25) is 0 Å². The van der Waals surface area contributed by atoms with E-state index >= 15 is 0 Å². The normalized spacial score (nSPS) is 14.1. The zero-order valence-electron chi connectivity index (χ0n) is 8.07. The summed E-state index contributed by atoms with van der Waals surface area (Å²) in [6.07, 6.45) is 0. The molecule has 0 heterocycles. The molecule has 0 spiro atoms. The number of carbonyl (C=O) groups is 1. The van der Waals surface area contributed by atoms with E-state index in [0.717, 1.165) is 0 Å². The predicted octanol–water partition coefficient (Wildman–Crippen LogP) is 2.65. The third-order valence-electron chi connectivity index (χ3n) is 1.50. The molecular weight excluding hydrogens is 267 g/mol. The Kier molecular flexibility index (Phi) is 4.08. The molecular formula is C10H10BrFO3. The summed E-state index contributed by atoms with van der Waals surface area (Å²) >= 11 is 2.52. The lowest BCUT2D eigenvalue weighted by Gasteiger charge is -2.17.